The summed E-state index contributed by atoms with van der Waals surface area (Å²) in [6, 6.07) is 16.5. The highest BCUT2D eigenvalue weighted by atomic mass is 16.5. The van der Waals surface area contributed by atoms with Gasteiger partial charge in [-0.25, -0.2) is 4.98 Å². The van der Waals surface area contributed by atoms with Gasteiger partial charge in [0.25, 0.3) is 0 Å². The minimum atomic E-state index is 0.619. The molecule has 8 nitrogen and oxygen atoms in total. The second-order valence-electron chi connectivity index (χ2n) is 8.69. The summed E-state index contributed by atoms with van der Waals surface area (Å²) >= 11 is 0. The van der Waals surface area contributed by atoms with E-state index in [1.807, 2.05) is 37.3 Å². The SMILES string of the molecule is COc1ccc(CN2CCN(c3cc(C)c(C#N)c4nc5ccccc5n34)CC2)c(OC)c1OC. The van der Waals surface area contributed by atoms with Gasteiger partial charge in [0.15, 0.2) is 17.1 Å². The van der Waals surface area contributed by atoms with Crippen molar-refractivity contribution in [2.75, 3.05) is 52.4 Å². The zero-order valence-corrected chi connectivity index (χ0v) is 20.5. The third-order valence-corrected chi connectivity index (χ3v) is 6.74. The molecule has 1 fully saturated rings. The summed E-state index contributed by atoms with van der Waals surface area (Å²) < 4.78 is 18.8. The van der Waals surface area contributed by atoms with Crippen LogP contribution in [0.2, 0.25) is 0 Å². The van der Waals surface area contributed by atoms with Crippen molar-refractivity contribution in [1.82, 2.24) is 14.3 Å². The summed E-state index contributed by atoms with van der Waals surface area (Å²) in [6.45, 7) is 6.26. The number of imidazole rings is 1. The summed E-state index contributed by atoms with van der Waals surface area (Å²) in [5, 5.41) is 9.78. The Kier molecular flexibility index (Phi) is 6.10. The van der Waals surface area contributed by atoms with Crippen LogP contribution < -0.4 is 19.1 Å². The smallest absolute Gasteiger partial charge is 0.203 e. The average molecular weight is 472 g/mol. The number of hydrogen-bond donors (Lipinski definition) is 0. The topological polar surface area (TPSA) is 75.3 Å². The van der Waals surface area contributed by atoms with Crippen LogP contribution >= 0.6 is 0 Å². The molecule has 0 saturated carbocycles. The number of aromatic nitrogens is 2. The van der Waals surface area contributed by atoms with E-state index in [0.29, 0.717) is 22.8 Å². The molecule has 4 aromatic rings. The fourth-order valence-corrected chi connectivity index (χ4v) is 4.97. The molecule has 5 rings (SSSR count). The van der Waals surface area contributed by atoms with E-state index in [2.05, 4.69) is 32.4 Å². The summed E-state index contributed by atoms with van der Waals surface area (Å²) in [7, 11) is 4.91. The number of rotatable bonds is 6. The van der Waals surface area contributed by atoms with Gasteiger partial charge in [-0.05, 0) is 36.8 Å². The molecule has 1 aliphatic heterocycles. The molecular weight excluding hydrogens is 442 g/mol. The second-order valence-corrected chi connectivity index (χ2v) is 8.69. The van der Waals surface area contributed by atoms with Crippen molar-refractivity contribution in [2.24, 2.45) is 0 Å². The molecule has 180 valence electrons. The number of hydrogen-bond acceptors (Lipinski definition) is 7. The first kappa shape index (κ1) is 22.8. The lowest BCUT2D eigenvalue weighted by Crippen LogP contribution is -2.46. The molecule has 1 aliphatic rings. The Labute approximate surface area is 204 Å². The fourth-order valence-electron chi connectivity index (χ4n) is 4.97. The number of nitrogens with zero attached hydrogens (tertiary/aromatic N) is 5. The van der Waals surface area contributed by atoms with Crippen LogP contribution in [0.1, 0.15) is 16.7 Å². The van der Waals surface area contributed by atoms with Crippen molar-refractivity contribution >= 4 is 22.5 Å². The molecule has 0 amide bonds. The number of ether oxygens (including phenoxy) is 3. The zero-order valence-electron chi connectivity index (χ0n) is 20.5. The van der Waals surface area contributed by atoms with Crippen molar-refractivity contribution in [1.29, 1.82) is 5.26 Å². The van der Waals surface area contributed by atoms with Crippen LogP contribution in [0.4, 0.5) is 5.82 Å². The van der Waals surface area contributed by atoms with Gasteiger partial charge in [-0.2, -0.15) is 5.26 Å². The highest BCUT2D eigenvalue weighted by Crippen LogP contribution is 2.40. The van der Waals surface area contributed by atoms with Gasteiger partial charge in [-0.3, -0.25) is 9.30 Å². The van der Waals surface area contributed by atoms with Gasteiger partial charge >= 0.3 is 0 Å². The Bertz CT molecular complexity index is 1430. The maximum absolute atomic E-state index is 9.78. The third-order valence-electron chi connectivity index (χ3n) is 6.74. The van der Waals surface area contributed by atoms with Gasteiger partial charge in [0.1, 0.15) is 11.9 Å². The van der Waals surface area contributed by atoms with Crippen LogP contribution in [-0.2, 0) is 6.54 Å². The Morgan fingerprint density at radius 2 is 1.69 bits per heavy atom. The molecule has 35 heavy (non-hydrogen) atoms. The van der Waals surface area contributed by atoms with Crippen LogP contribution in [0.3, 0.4) is 0 Å². The first-order valence-electron chi connectivity index (χ1n) is 11.7. The molecule has 0 N–H and O–H groups in total. The molecule has 0 radical (unpaired) electrons. The van der Waals surface area contributed by atoms with Gasteiger partial charge in [0.05, 0.1) is 37.9 Å². The zero-order chi connectivity index (χ0) is 24.5. The van der Waals surface area contributed by atoms with E-state index in [0.717, 1.165) is 66.3 Å². The number of benzene rings is 2. The largest absolute Gasteiger partial charge is 0.493 e. The van der Waals surface area contributed by atoms with Crippen LogP contribution in [-0.4, -0.2) is 61.8 Å². The van der Waals surface area contributed by atoms with Crippen molar-refractivity contribution in [3.05, 3.63) is 59.2 Å². The van der Waals surface area contributed by atoms with E-state index in [1.54, 1.807) is 21.3 Å². The fraction of sp³-hybridized carbons (Fsp3) is 0.333. The van der Waals surface area contributed by atoms with Gasteiger partial charge in [0.2, 0.25) is 5.75 Å². The molecule has 1 saturated heterocycles. The van der Waals surface area contributed by atoms with E-state index in [9.17, 15) is 5.26 Å². The summed E-state index contributed by atoms with van der Waals surface area (Å²) in [5.74, 6) is 3.07. The number of pyridine rings is 1. The standard InChI is InChI=1S/C27H29N5O3/c1-18-15-24(32-22-8-6-5-7-21(22)29-27(32)20(18)16-28)31-13-11-30(12-14-31)17-19-9-10-23(33-2)26(35-4)25(19)34-3/h5-10,15H,11-14,17H2,1-4H3. The Morgan fingerprint density at radius 1 is 0.943 bits per heavy atom. The molecule has 0 unspecified atom stereocenters. The number of para-hydroxylation sites is 2. The lowest BCUT2D eigenvalue weighted by Gasteiger charge is -2.36. The van der Waals surface area contributed by atoms with Gasteiger partial charge in [0, 0.05) is 38.3 Å². The second kappa shape index (κ2) is 9.35. The minimum absolute atomic E-state index is 0.619. The number of aryl methyl sites for hydroxylation is 1. The van der Waals surface area contributed by atoms with Gasteiger partial charge in [-0.15, -0.1) is 0 Å². The van der Waals surface area contributed by atoms with Crippen molar-refractivity contribution in [3.63, 3.8) is 0 Å². The molecule has 8 heteroatoms. The van der Waals surface area contributed by atoms with E-state index in [1.165, 1.54) is 0 Å². The van der Waals surface area contributed by atoms with Gasteiger partial charge < -0.3 is 19.1 Å². The van der Waals surface area contributed by atoms with E-state index < -0.39 is 0 Å². The summed E-state index contributed by atoms with van der Waals surface area (Å²) in [5.41, 5.74) is 5.28. The predicted molar refractivity (Wildman–Crippen MR) is 136 cm³/mol. The van der Waals surface area contributed by atoms with E-state index in [-0.39, 0.29) is 0 Å². The van der Waals surface area contributed by atoms with Crippen LogP contribution in [0, 0.1) is 18.3 Å². The minimum Gasteiger partial charge on any atom is -0.493 e. The molecular formula is C27H29N5O3. The Morgan fingerprint density at radius 3 is 2.37 bits per heavy atom. The maximum atomic E-state index is 9.78. The van der Waals surface area contributed by atoms with Crippen molar-refractivity contribution < 1.29 is 14.2 Å². The monoisotopic (exact) mass is 471 g/mol. The van der Waals surface area contributed by atoms with Crippen LogP contribution in [0.15, 0.2) is 42.5 Å². The van der Waals surface area contributed by atoms with Crippen LogP contribution in [0.25, 0.3) is 16.7 Å². The first-order valence-corrected chi connectivity index (χ1v) is 11.7. The number of nitriles is 1. The lowest BCUT2D eigenvalue weighted by atomic mass is 10.1. The number of anilines is 1. The average Bonchev–Trinajstić information content (AvgIpc) is 3.27. The Balaban J connectivity index is 1.42. The predicted octanol–water partition coefficient (Wildman–Crippen LogP) is 4.02. The third kappa shape index (κ3) is 3.88. The van der Waals surface area contributed by atoms with Crippen molar-refractivity contribution in [3.8, 4) is 23.3 Å². The maximum Gasteiger partial charge on any atom is 0.203 e. The molecule has 0 aliphatic carbocycles. The highest BCUT2D eigenvalue weighted by Gasteiger charge is 2.24. The number of methoxy groups -OCH3 is 3. The Hall–Kier alpha value is -3.96. The number of piperazine rings is 1. The lowest BCUT2D eigenvalue weighted by molar-refractivity contribution is 0.243. The first-order chi connectivity index (χ1) is 17.1. The van der Waals surface area contributed by atoms with E-state index >= 15 is 0 Å². The summed E-state index contributed by atoms with van der Waals surface area (Å²) in [4.78, 5) is 9.59. The molecule has 0 bridgehead atoms. The van der Waals surface area contributed by atoms with Crippen LogP contribution in [0.5, 0.6) is 17.2 Å². The molecule has 3 heterocycles. The van der Waals surface area contributed by atoms with E-state index in [4.69, 9.17) is 19.2 Å². The van der Waals surface area contributed by atoms with Gasteiger partial charge in [-0.1, -0.05) is 18.2 Å². The number of fused-ring (bicyclic) bond motifs is 3. The normalized spacial score (nSPS) is 14.3. The molecule has 0 spiro atoms. The summed E-state index contributed by atoms with van der Waals surface area (Å²) in [6.07, 6.45) is 0. The highest BCUT2D eigenvalue weighted by molar-refractivity contribution is 5.85. The molecule has 2 aromatic heterocycles. The molecule has 0 atom stereocenters. The molecule has 2 aromatic carbocycles. The quantitative estimate of drug-likeness (QED) is 0.421. The van der Waals surface area contributed by atoms with Crippen molar-refractivity contribution in [2.45, 2.75) is 13.5 Å².